The van der Waals surface area contributed by atoms with Gasteiger partial charge in [0.1, 0.15) is 12.6 Å². The fourth-order valence-electron chi connectivity index (χ4n) is 27.3. The zero-order valence-electron chi connectivity index (χ0n) is 60.8. The summed E-state index contributed by atoms with van der Waals surface area (Å²) in [6.07, 6.45) is 29.4. The summed E-state index contributed by atoms with van der Waals surface area (Å²) < 4.78 is 143. The molecule has 30 heteroatoms. The first-order valence-corrected chi connectivity index (χ1v) is 49.5. The lowest BCUT2D eigenvalue weighted by molar-refractivity contribution is -0.0680. The van der Waals surface area contributed by atoms with Crippen molar-refractivity contribution in [2.75, 3.05) is 12.6 Å². The molecule has 10 aliphatic heterocycles. The molecule has 0 radical (unpaired) electrons. The maximum absolute atomic E-state index is 16.4. The van der Waals surface area contributed by atoms with Crippen LogP contribution in [0.25, 0.3) is 0 Å². The van der Waals surface area contributed by atoms with Gasteiger partial charge in [0, 0.05) is 0 Å². The Morgan fingerprint density at radius 1 is 0.260 bits per heavy atom. The second-order valence-electron chi connectivity index (χ2n) is 37.0. The third kappa shape index (κ3) is 13.1. The summed E-state index contributed by atoms with van der Waals surface area (Å²) >= 11 is -4.40. The molecule has 0 spiro atoms. The van der Waals surface area contributed by atoms with E-state index in [1.807, 2.05) is 0 Å². The molecule has 8 aliphatic carbocycles. The molecule has 0 amide bonds. The molecule has 1 aromatic rings. The topological polar surface area (TPSA) is 211 Å². The van der Waals surface area contributed by atoms with Gasteiger partial charge in [-0.15, -0.1) is 0 Å². The molecule has 16 bridgehead atoms. The summed E-state index contributed by atoms with van der Waals surface area (Å²) in [5.41, 5.74) is 0. The van der Waals surface area contributed by atoms with E-state index in [1.165, 1.54) is 89.9 Å². The lowest BCUT2D eigenvalue weighted by atomic mass is 9.76. The monoisotopic (exact) mass is 1530 g/mol. The highest BCUT2D eigenvalue weighted by molar-refractivity contribution is 6.92. The Morgan fingerprint density at radius 3 is 0.615 bits per heavy atom. The van der Waals surface area contributed by atoms with Crippen molar-refractivity contribution < 1.29 is 42.1 Å². The van der Waals surface area contributed by atoms with Crippen molar-refractivity contribution in [3.63, 3.8) is 0 Å². The molecule has 578 valence electrons. The van der Waals surface area contributed by atoms with E-state index in [4.69, 9.17) is 6.96 Å². The standard InChI is InChI=1S/2C32H55N8.C10H8F8O2Si2.2Al.2H/c2*1-2-10-18-17(9-1)25-33-26(18)38-28-21-13-5-6-14-22(21)30(35-28)40-32-24-16-8-7-15-23(24)31(36-32)39-29-20-12-4-3-11-19(20)27(34-29)37-25;11-5-21(19,9(13,14)15)7-1-2-8(4-3-7)22(20,6-12)10(16,17)18;;;;/h2*9,17-40H,1-8,10-16H2;1-4H,5-6H2;;;;/q;;-2;2*+1;;. The molecule has 18 aliphatic rings. The van der Waals surface area contributed by atoms with E-state index in [9.17, 15) is 0 Å². The molecule has 18 nitrogen and oxygen atoms in total. The van der Waals surface area contributed by atoms with Gasteiger partial charge in [-0.2, -0.15) is 26.3 Å². The van der Waals surface area contributed by atoms with Gasteiger partial charge in [0.15, 0.2) is 0 Å². The highest BCUT2D eigenvalue weighted by atomic mass is 28.4. The van der Waals surface area contributed by atoms with Crippen LogP contribution in [0.1, 0.15) is 193 Å². The van der Waals surface area contributed by atoms with Crippen LogP contribution in [0.5, 0.6) is 0 Å². The van der Waals surface area contributed by atoms with Crippen LogP contribution in [-0.4, -0.2) is 171 Å². The summed E-state index contributed by atoms with van der Waals surface area (Å²) in [6, 6.07) is 4.03. The zero-order valence-corrected chi connectivity index (χ0v) is 65.6. The van der Waals surface area contributed by atoms with Crippen LogP contribution in [0, 0.1) is 94.7 Å². The maximum Gasteiger partial charge on any atom is 0.428 e. The predicted octanol–water partition coefficient (Wildman–Crippen LogP) is 5.98. The highest BCUT2D eigenvalue weighted by Crippen LogP contribution is 2.53. The SMILES string of the molecule is FC[Si]([O][AlH][CH]1CCCC2C3NC4NC(NC5NC(NC6NC(NC(N3)C12)C1CCCCC61)C1CCCCC51)C1CCCCC41)(c1ccc([Si](CF)([O][AlH][CH]2CCCC3C4NC5NC(NC6NC(NC7NC(NC(N4)C23)C2CCCCC72)C2CCCCC62)C2CCCCC52)C(F)(F)F)cc1)C(F)(F)F. The average molecular weight is 1530 g/mol. The second-order valence-corrected chi connectivity index (χ2v) is 48.2. The van der Waals surface area contributed by atoms with Crippen molar-refractivity contribution in [2.45, 2.75) is 312 Å². The van der Waals surface area contributed by atoms with Gasteiger partial charge in [0.25, 0.3) is 0 Å². The van der Waals surface area contributed by atoms with Crippen LogP contribution in [-0.2, 0) is 6.96 Å². The van der Waals surface area contributed by atoms with Crippen molar-refractivity contribution >= 4 is 58.1 Å². The lowest BCUT2D eigenvalue weighted by Crippen LogP contribution is -2.68. The largest absolute Gasteiger partial charge is 0.537 e. The van der Waals surface area contributed by atoms with Crippen LogP contribution in [0.4, 0.5) is 35.1 Å². The van der Waals surface area contributed by atoms with Crippen LogP contribution in [0.15, 0.2) is 24.3 Å². The Balaban J connectivity index is 0.584. The fraction of sp³-hybridized carbons (Fsp3) is 0.919. The Labute approximate surface area is 625 Å². The average Bonchev–Trinajstić information content (AvgIpc) is 1.70. The predicted molar refractivity (Wildman–Crippen MR) is 390 cm³/mol. The number of rotatable bonds is 10. The van der Waals surface area contributed by atoms with Crippen molar-refractivity contribution in [3.05, 3.63) is 24.3 Å². The van der Waals surface area contributed by atoms with Crippen molar-refractivity contribution in [2.24, 2.45) is 94.7 Å². The van der Waals surface area contributed by atoms with Gasteiger partial charge in [-0.25, -0.2) is 0 Å². The third-order valence-electron chi connectivity index (χ3n) is 32.3. The molecule has 104 heavy (non-hydrogen) atoms. The molecule has 19 rings (SSSR count). The van der Waals surface area contributed by atoms with Gasteiger partial charge in [-0.3, -0.25) is 93.8 Å². The molecule has 36 unspecified atom stereocenters. The van der Waals surface area contributed by atoms with Crippen LogP contribution in [0.3, 0.4) is 0 Å². The Hall–Kier alpha value is -0.561. The Morgan fingerprint density at radius 2 is 0.433 bits per heavy atom. The highest BCUT2D eigenvalue weighted by Gasteiger charge is 2.66. The van der Waals surface area contributed by atoms with Crippen LogP contribution < -0.4 is 95.4 Å². The Kier molecular flexibility index (Phi) is 21.2. The minimum Gasteiger partial charge on any atom is -0.537 e. The van der Waals surface area contributed by atoms with E-state index in [0.717, 1.165) is 114 Å². The fourth-order valence-corrected chi connectivity index (χ4v) is 39.8. The van der Waals surface area contributed by atoms with Crippen LogP contribution in [0.2, 0.25) is 9.56 Å². The summed E-state index contributed by atoms with van der Waals surface area (Å²) in [5, 5.41) is 65.4. The number of benzene rings is 1. The van der Waals surface area contributed by atoms with Crippen molar-refractivity contribution in [1.82, 2.24) is 85.1 Å². The van der Waals surface area contributed by atoms with Crippen molar-refractivity contribution in [1.29, 1.82) is 0 Å². The van der Waals surface area contributed by atoms with E-state index in [2.05, 4.69) is 85.1 Å². The first-order valence-electron chi connectivity index (χ1n) is 42.4. The lowest BCUT2D eigenvalue weighted by Gasteiger charge is -2.41. The van der Waals surface area contributed by atoms with Gasteiger partial charge in [-0.1, -0.05) is 137 Å². The second kappa shape index (κ2) is 30.0. The van der Waals surface area contributed by atoms with Crippen molar-refractivity contribution in [3.8, 4) is 0 Å². The Bertz CT molecular complexity index is 2940. The molecule has 1 aromatic carbocycles. The normalized spacial score (nSPS) is 50.2. The quantitative estimate of drug-likeness (QED) is 0.0960. The molecule has 8 saturated carbocycles. The van der Waals surface area contributed by atoms with E-state index in [1.54, 1.807) is 0 Å². The summed E-state index contributed by atoms with van der Waals surface area (Å²) in [6.45, 7) is 0. The zero-order chi connectivity index (χ0) is 70.4. The molecule has 10 heterocycles. The number of nitrogens with one attached hydrogen (secondary N) is 16. The van der Waals surface area contributed by atoms with E-state index >= 15 is 35.1 Å². The minimum atomic E-state index is -5.59. The summed E-state index contributed by atoms with van der Waals surface area (Å²) in [4.78, 5) is 0. The molecule has 36 atom stereocenters. The third-order valence-corrected chi connectivity index (χ3v) is 45.4. The van der Waals surface area contributed by atoms with Gasteiger partial charge in [-0.05, 0) is 195 Å². The number of alkyl halides is 8. The molecular weight excluding hydrogens is 1410 g/mol. The van der Waals surface area contributed by atoms with Gasteiger partial charge in [0.05, 0.1) is 98.7 Å². The summed E-state index contributed by atoms with van der Waals surface area (Å²) in [5.74, 6) is -5.01. The van der Waals surface area contributed by atoms with Crippen LogP contribution >= 0.6 is 0 Å². The minimum absolute atomic E-state index is 0.0273. The smallest absolute Gasteiger partial charge is 0.428 e. The molecular formula is C74H120Al2F8N16O2Si2. The number of halogens is 8. The first kappa shape index (κ1) is 73.6. The summed E-state index contributed by atoms with van der Waals surface area (Å²) in [7, 11) is -11.2. The van der Waals surface area contributed by atoms with E-state index in [-0.39, 0.29) is 132 Å². The van der Waals surface area contributed by atoms with Gasteiger partial charge >= 0.3 is 59.3 Å². The van der Waals surface area contributed by atoms with Gasteiger partial charge in [0.2, 0.25) is 0 Å². The molecule has 16 N–H and O–H groups in total. The van der Waals surface area contributed by atoms with Gasteiger partial charge < -0.3 is 6.96 Å². The first-order chi connectivity index (χ1) is 50.6. The number of hydrogen-bond acceptors (Lipinski definition) is 18. The molecule has 0 aromatic heterocycles. The molecule has 10 saturated heterocycles. The van der Waals surface area contributed by atoms with E-state index in [0.29, 0.717) is 83.9 Å². The number of fused-ring (bicyclic) bond motifs is 40. The van der Waals surface area contributed by atoms with E-state index < -0.39 is 82.3 Å². The number of hydrogen-bond donors (Lipinski definition) is 16. The molecule has 18 fully saturated rings. The maximum atomic E-state index is 16.4.